The van der Waals surface area contributed by atoms with Crippen LogP contribution in [0.3, 0.4) is 0 Å². The number of carbonyl (C=O) groups excluding carboxylic acids is 1. The van der Waals surface area contributed by atoms with Crippen LogP contribution in [0.2, 0.25) is 0 Å². The molecule has 0 spiro atoms. The van der Waals surface area contributed by atoms with Gasteiger partial charge in [0.1, 0.15) is 5.82 Å². The number of hydrogen-bond donors (Lipinski definition) is 2. The predicted octanol–water partition coefficient (Wildman–Crippen LogP) is 3.13. The van der Waals surface area contributed by atoms with E-state index in [1.165, 1.54) is 24.6 Å². The van der Waals surface area contributed by atoms with Gasteiger partial charge < -0.3 is 5.32 Å². The molecule has 1 aliphatic heterocycles. The van der Waals surface area contributed by atoms with E-state index in [2.05, 4.69) is 15.8 Å². The molecule has 1 atom stereocenters. The summed E-state index contributed by atoms with van der Waals surface area (Å²) in [5.41, 5.74) is 1.72. The van der Waals surface area contributed by atoms with Gasteiger partial charge in [-0.2, -0.15) is 11.3 Å². The van der Waals surface area contributed by atoms with Crippen molar-refractivity contribution in [2.75, 3.05) is 11.1 Å². The summed E-state index contributed by atoms with van der Waals surface area (Å²) in [6, 6.07) is 2.33. The van der Waals surface area contributed by atoms with Gasteiger partial charge in [-0.1, -0.05) is 12.8 Å². The molecule has 1 amide bonds. The number of rotatable bonds is 2. The van der Waals surface area contributed by atoms with Crippen molar-refractivity contribution in [2.24, 2.45) is 0 Å². The summed E-state index contributed by atoms with van der Waals surface area (Å²) < 4.78 is 1.91. The number of nitrogens with zero attached hydrogens (tertiary/aromatic N) is 1. The van der Waals surface area contributed by atoms with Crippen molar-refractivity contribution in [2.45, 2.75) is 37.0 Å². The first-order valence-electron chi connectivity index (χ1n) is 7.52. The quantitative estimate of drug-likeness (QED) is 0.886. The molecule has 1 fully saturated rings. The van der Waals surface area contributed by atoms with Gasteiger partial charge in [-0.3, -0.25) is 19.4 Å². The Morgan fingerprint density at radius 2 is 2.05 bits per heavy atom. The summed E-state index contributed by atoms with van der Waals surface area (Å²) in [4.78, 5) is 24.6. The van der Waals surface area contributed by atoms with E-state index < -0.39 is 0 Å². The Bertz CT molecular complexity index is 741. The van der Waals surface area contributed by atoms with Gasteiger partial charge in [-0.25, -0.2) is 0 Å². The van der Waals surface area contributed by atoms with Crippen LogP contribution in [-0.2, 0) is 4.79 Å². The Kier molecular flexibility index (Phi) is 3.62. The van der Waals surface area contributed by atoms with Crippen molar-refractivity contribution in [3.8, 4) is 0 Å². The SMILES string of the molecule is O=C1CS[C@H](c2ccsc2)c2c(n(C3CCCC3)[nH]c2=O)N1. The molecule has 5 nitrogen and oxygen atoms in total. The molecule has 2 aliphatic rings. The van der Waals surface area contributed by atoms with Crippen LogP contribution in [0.1, 0.15) is 48.1 Å². The van der Waals surface area contributed by atoms with Crippen LogP contribution in [-0.4, -0.2) is 21.4 Å². The number of nitrogens with one attached hydrogen (secondary N) is 2. The molecule has 1 aliphatic carbocycles. The summed E-state index contributed by atoms with van der Waals surface area (Å²) in [7, 11) is 0. The lowest BCUT2D eigenvalue weighted by Gasteiger charge is -2.16. The Morgan fingerprint density at radius 1 is 1.23 bits per heavy atom. The molecule has 2 aromatic heterocycles. The normalized spacial score (nSPS) is 22.4. The van der Waals surface area contributed by atoms with E-state index in [-0.39, 0.29) is 16.7 Å². The fraction of sp³-hybridized carbons (Fsp3) is 0.467. The van der Waals surface area contributed by atoms with E-state index in [9.17, 15) is 9.59 Å². The van der Waals surface area contributed by atoms with Crippen LogP contribution in [0.4, 0.5) is 5.82 Å². The number of fused-ring (bicyclic) bond motifs is 1. The maximum absolute atomic E-state index is 12.6. The number of anilines is 1. The zero-order valence-corrected chi connectivity index (χ0v) is 13.6. The fourth-order valence-corrected chi connectivity index (χ4v) is 5.25. The van der Waals surface area contributed by atoms with Gasteiger partial charge in [0.25, 0.3) is 5.56 Å². The Morgan fingerprint density at radius 3 is 2.77 bits per heavy atom. The minimum Gasteiger partial charge on any atom is -0.310 e. The first kappa shape index (κ1) is 14.1. The predicted molar refractivity (Wildman–Crippen MR) is 89.8 cm³/mol. The van der Waals surface area contributed by atoms with Crippen LogP contribution < -0.4 is 10.9 Å². The fourth-order valence-electron chi connectivity index (χ4n) is 3.37. The molecule has 1 saturated carbocycles. The van der Waals surface area contributed by atoms with Crippen molar-refractivity contribution in [3.05, 3.63) is 38.3 Å². The van der Waals surface area contributed by atoms with Crippen LogP contribution in [0.15, 0.2) is 21.6 Å². The highest BCUT2D eigenvalue weighted by Crippen LogP contribution is 2.42. The molecule has 0 aromatic carbocycles. The third-order valence-corrected chi connectivity index (χ3v) is 6.37. The Labute approximate surface area is 136 Å². The van der Waals surface area contributed by atoms with E-state index in [0.29, 0.717) is 23.2 Å². The maximum atomic E-state index is 12.6. The van der Waals surface area contributed by atoms with Gasteiger partial charge in [0.2, 0.25) is 5.91 Å². The van der Waals surface area contributed by atoms with E-state index in [4.69, 9.17) is 0 Å². The van der Waals surface area contributed by atoms with Gasteiger partial charge in [0.15, 0.2) is 0 Å². The van der Waals surface area contributed by atoms with Gasteiger partial charge in [0, 0.05) is 0 Å². The average Bonchev–Trinajstić information content (AvgIpc) is 3.21. The summed E-state index contributed by atoms with van der Waals surface area (Å²) >= 11 is 3.14. The Hall–Kier alpha value is -1.47. The van der Waals surface area contributed by atoms with Crippen molar-refractivity contribution in [3.63, 3.8) is 0 Å². The van der Waals surface area contributed by atoms with Crippen LogP contribution in [0.5, 0.6) is 0 Å². The number of thioether (sulfide) groups is 1. The average molecular weight is 335 g/mol. The number of amides is 1. The molecule has 2 aromatic rings. The molecule has 0 saturated heterocycles. The molecule has 22 heavy (non-hydrogen) atoms. The summed E-state index contributed by atoms with van der Waals surface area (Å²) in [5, 5.41) is 9.92. The second-order valence-electron chi connectivity index (χ2n) is 5.81. The maximum Gasteiger partial charge on any atom is 0.270 e. The minimum absolute atomic E-state index is 0.0327. The largest absolute Gasteiger partial charge is 0.310 e. The van der Waals surface area contributed by atoms with E-state index in [1.54, 1.807) is 11.3 Å². The molecule has 3 heterocycles. The molecular weight excluding hydrogens is 318 g/mol. The highest BCUT2D eigenvalue weighted by molar-refractivity contribution is 8.00. The number of carbonyl (C=O) groups is 1. The van der Waals surface area contributed by atoms with Crippen LogP contribution >= 0.6 is 23.1 Å². The second kappa shape index (κ2) is 5.62. The first-order chi connectivity index (χ1) is 10.7. The third-order valence-electron chi connectivity index (χ3n) is 4.40. The van der Waals surface area contributed by atoms with Crippen molar-refractivity contribution in [1.29, 1.82) is 0 Å². The minimum atomic E-state index is -0.0772. The molecule has 0 radical (unpaired) electrons. The molecule has 116 valence electrons. The number of aromatic nitrogens is 2. The monoisotopic (exact) mass is 335 g/mol. The summed E-state index contributed by atoms with van der Waals surface area (Å²) in [6.45, 7) is 0. The Balaban J connectivity index is 1.85. The topological polar surface area (TPSA) is 66.9 Å². The number of hydrogen-bond acceptors (Lipinski definition) is 4. The lowest BCUT2D eigenvalue weighted by Crippen LogP contribution is -2.18. The summed E-state index contributed by atoms with van der Waals surface area (Å²) in [6.07, 6.45) is 4.47. The standard InChI is InChI=1S/C15H17N3O2S2/c19-11-8-22-13(9-5-6-21-7-9)12-14(16-11)18(17-15(12)20)10-3-1-2-4-10/h5-7,10,13H,1-4,8H2,(H,16,19)(H,17,20)/t13-/m1/s1. The van der Waals surface area contributed by atoms with Crippen molar-refractivity contribution < 1.29 is 4.79 Å². The third kappa shape index (κ3) is 2.32. The second-order valence-corrected chi connectivity index (χ2v) is 7.68. The van der Waals surface area contributed by atoms with Crippen LogP contribution in [0.25, 0.3) is 0 Å². The van der Waals surface area contributed by atoms with Crippen LogP contribution in [0, 0.1) is 0 Å². The molecule has 0 unspecified atom stereocenters. The van der Waals surface area contributed by atoms with Crippen molar-refractivity contribution >= 4 is 34.8 Å². The first-order valence-corrected chi connectivity index (χ1v) is 9.51. The lowest BCUT2D eigenvalue weighted by molar-refractivity contribution is -0.113. The highest BCUT2D eigenvalue weighted by atomic mass is 32.2. The zero-order chi connectivity index (χ0) is 15.1. The molecular formula is C15H17N3O2S2. The number of H-pyrrole nitrogens is 1. The van der Waals surface area contributed by atoms with E-state index in [1.807, 2.05) is 16.1 Å². The highest BCUT2D eigenvalue weighted by Gasteiger charge is 2.32. The van der Waals surface area contributed by atoms with Gasteiger partial charge >= 0.3 is 0 Å². The van der Waals surface area contributed by atoms with Gasteiger partial charge in [0.05, 0.1) is 22.6 Å². The zero-order valence-electron chi connectivity index (χ0n) is 12.0. The molecule has 7 heteroatoms. The van der Waals surface area contributed by atoms with Crippen molar-refractivity contribution in [1.82, 2.24) is 9.78 Å². The lowest BCUT2D eigenvalue weighted by atomic mass is 10.1. The molecule has 0 bridgehead atoms. The number of aromatic amines is 1. The van der Waals surface area contributed by atoms with Gasteiger partial charge in [-0.05, 0) is 35.2 Å². The van der Waals surface area contributed by atoms with E-state index in [0.717, 1.165) is 18.4 Å². The molecule has 4 rings (SSSR count). The smallest absolute Gasteiger partial charge is 0.270 e. The number of thiophene rings is 1. The van der Waals surface area contributed by atoms with E-state index >= 15 is 0 Å². The summed E-state index contributed by atoms with van der Waals surface area (Å²) in [5.74, 6) is 1.03. The molecule has 2 N–H and O–H groups in total. The van der Waals surface area contributed by atoms with Gasteiger partial charge in [-0.15, -0.1) is 11.8 Å².